The molecule has 5 nitrogen and oxygen atoms in total. The van der Waals surface area contributed by atoms with Gasteiger partial charge >= 0.3 is 0 Å². The number of amides is 1. The Morgan fingerprint density at radius 3 is 2.52 bits per heavy atom. The quantitative estimate of drug-likeness (QED) is 0.572. The Morgan fingerprint density at radius 2 is 1.86 bits per heavy atom. The molecule has 0 spiro atoms. The first kappa shape index (κ1) is 19.4. The zero-order chi connectivity index (χ0) is 20.2. The number of carbonyl (C=O) groups excluding carboxylic acids is 1. The van der Waals surface area contributed by atoms with E-state index in [1.807, 2.05) is 54.3 Å². The van der Waals surface area contributed by atoms with Crippen LogP contribution in [0.5, 0.6) is 0 Å². The Kier molecular flexibility index (Phi) is 5.74. The van der Waals surface area contributed by atoms with Crippen LogP contribution in [0.25, 0.3) is 11.4 Å². The summed E-state index contributed by atoms with van der Waals surface area (Å²) in [4.78, 5) is 19.6. The van der Waals surface area contributed by atoms with Crippen LogP contribution in [0.1, 0.15) is 49.2 Å². The molecule has 5 heteroatoms. The molecule has 1 fully saturated rings. The van der Waals surface area contributed by atoms with Crippen molar-refractivity contribution >= 4 is 5.91 Å². The lowest BCUT2D eigenvalue weighted by Crippen LogP contribution is -2.41. The molecule has 29 heavy (non-hydrogen) atoms. The van der Waals surface area contributed by atoms with Gasteiger partial charge in [-0.1, -0.05) is 71.7 Å². The molecule has 0 aliphatic heterocycles. The minimum Gasteiger partial charge on any atom is -0.339 e. The van der Waals surface area contributed by atoms with Crippen molar-refractivity contribution in [3.8, 4) is 11.4 Å². The van der Waals surface area contributed by atoms with Gasteiger partial charge in [0.05, 0.1) is 6.04 Å². The fraction of sp³-hybridized carbons (Fsp3) is 0.375. The molecule has 1 amide bonds. The second kappa shape index (κ2) is 8.60. The molecule has 1 saturated carbocycles. The zero-order valence-electron chi connectivity index (χ0n) is 17.0. The van der Waals surface area contributed by atoms with Gasteiger partial charge < -0.3 is 9.42 Å². The maximum Gasteiger partial charge on any atom is 0.228 e. The molecule has 1 aliphatic carbocycles. The van der Waals surface area contributed by atoms with Crippen molar-refractivity contribution in [3.05, 3.63) is 71.6 Å². The molecule has 150 valence electrons. The molecule has 0 bridgehead atoms. The molecule has 1 heterocycles. The van der Waals surface area contributed by atoms with Crippen LogP contribution < -0.4 is 0 Å². The number of hydrogen-bond acceptors (Lipinski definition) is 4. The minimum absolute atomic E-state index is 0.0174. The standard InChI is InChI=1S/C24H27N3O2/c1-17-11-13-20(14-12-17)23-25-22(29-26-23)15-16-27(24(28)21-9-6-10-21)18(2)19-7-4-3-5-8-19/h3-5,7-8,11-14,18,21H,6,9-10,15-16H2,1-2H3/t18-/m0/s1. The number of nitrogens with zero attached hydrogens (tertiary/aromatic N) is 3. The van der Waals surface area contributed by atoms with E-state index in [2.05, 4.69) is 29.2 Å². The van der Waals surface area contributed by atoms with Crippen molar-refractivity contribution in [2.75, 3.05) is 6.54 Å². The summed E-state index contributed by atoms with van der Waals surface area (Å²) in [6, 6.07) is 18.3. The summed E-state index contributed by atoms with van der Waals surface area (Å²) in [5.41, 5.74) is 3.27. The number of aryl methyl sites for hydroxylation is 1. The van der Waals surface area contributed by atoms with E-state index in [-0.39, 0.29) is 17.9 Å². The summed E-state index contributed by atoms with van der Waals surface area (Å²) in [5, 5.41) is 4.11. The molecule has 0 saturated heterocycles. The van der Waals surface area contributed by atoms with Gasteiger partial charge in [0.1, 0.15) is 0 Å². The number of benzene rings is 2. The van der Waals surface area contributed by atoms with Crippen LogP contribution in [0, 0.1) is 12.8 Å². The second-order valence-electron chi connectivity index (χ2n) is 7.87. The topological polar surface area (TPSA) is 59.2 Å². The highest BCUT2D eigenvalue weighted by molar-refractivity contribution is 5.80. The Morgan fingerprint density at radius 1 is 1.14 bits per heavy atom. The van der Waals surface area contributed by atoms with Crippen LogP contribution in [0.3, 0.4) is 0 Å². The van der Waals surface area contributed by atoms with E-state index >= 15 is 0 Å². The van der Waals surface area contributed by atoms with E-state index in [1.54, 1.807) is 0 Å². The third kappa shape index (κ3) is 4.39. The molecule has 1 atom stereocenters. The summed E-state index contributed by atoms with van der Waals surface area (Å²) in [6.07, 6.45) is 3.69. The number of rotatable bonds is 7. The first-order valence-corrected chi connectivity index (χ1v) is 10.4. The van der Waals surface area contributed by atoms with Gasteiger partial charge in [0.2, 0.25) is 17.6 Å². The van der Waals surface area contributed by atoms with Gasteiger partial charge in [-0.15, -0.1) is 0 Å². The largest absolute Gasteiger partial charge is 0.339 e. The molecular weight excluding hydrogens is 362 g/mol. The molecule has 0 N–H and O–H groups in total. The molecule has 4 rings (SSSR count). The Balaban J connectivity index is 1.48. The Labute approximate surface area is 171 Å². The van der Waals surface area contributed by atoms with Crippen molar-refractivity contribution in [1.82, 2.24) is 15.0 Å². The molecule has 3 aromatic rings. The fourth-order valence-corrected chi connectivity index (χ4v) is 3.69. The predicted molar refractivity (Wildman–Crippen MR) is 112 cm³/mol. The third-order valence-corrected chi connectivity index (χ3v) is 5.83. The van der Waals surface area contributed by atoms with Gasteiger partial charge in [-0.2, -0.15) is 4.98 Å². The highest BCUT2D eigenvalue weighted by Gasteiger charge is 2.32. The highest BCUT2D eigenvalue weighted by atomic mass is 16.5. The van der Waals surface area contributed by atoms with E-state index in [4.69, 9.17) is 4.52 Å². The monoisotopic (exact) mass is 389 g/mol. The average molecular weight is 389 g/mol. The van der Waals surface area contributed by atoms with Crippen LogP contribution in [-0.2, 0) is 11.2 Å². The van der Waals surface area contributed by atoms with Crippen LogP contribution in [0.2, 0.25) is 0 Å². The van der Waals surface area contributed by atoms with Crippen molar-refractivity contribution in [1.29, 1.82) is 0 Å². The van der Waals surface area contributed by atoms with Gasteiger partial charge in [-0.05, 0) is 32.3 Å². The molecule has 0 radical (unpaired) electrons. The molecular formula is C24H27N3O2. The van der Waals surface area contributed by atoms with Crippen LogP contribution in [-0.4, -0.2) is 27.5 Å². The lowest BCUT2D eigenvalue weighted by Gasteiger charge is -2.35. The first-order valence-electron chi connectivity index (χ1n) is 10.4. The average Bonchev–Trinajstić information content (AvgIpc) is 3.17. The van der Waals surface area contributed by atoms with Crippen LogP contribution >= 0.6 is 0 Å². The van der Waals surface area contributed by atoms with Gasteiger partial charge in [-0.25, -0.2) is 0 Å². The summed E-state index contributed by atoms with van der Waals surface area (Å²) >= 11 is 0. The molecule has 1 aromatic heterocycles. The van der Waals surface area contributed by atoms with E-state index in [9.17, 15) is 4.79 Å². The number of aromatic nitrogens is 2. The third-order valence-electron chi connectivity index (χ3n) is 5.83. The van der Waals surface area contributed by atoms with E-state index < -0.39 is 0 Å². The normalized spacial score (nSPS) is 15.0. The Hall–Kier alpha value is -2.95. The summed E-state index contributed by atoms with van der Waals surface area (Å²) in [6.45, 7) is 4.71. The summed E-state index contributed by atoms with van der Waals surface area (Å²) < 4.78 is 5.47. The first-order chi connectivity index (χ1) is 14.1. The van der Waals surface area contributed by atoms with E-state index in [1.165, 1.54) is 5.56 Å². The smallest absolute Gasteiger partial charge is 0.228 e. The number of carbonyl (C=O) groups is 1. The zero-order valence-corrected chi connectivity index (χ0v) is 17.0. The van der Waals surface area contributed by atoms with Crippen molar-refractivity contribution < 1.29 is 9.32 Å². The van der Waals surface area contributed by atoms with Gasteiger partial charge in [-0.3, -0.25) is 4.79 Å². The molecule has 1 aliphatic rings. The fourth-order valence-electron chi connectivity index (χ4n) is 3.69. The summed E-state index contributed by atoms with van der Waals surface area (Å²) in [5.74, 6) is 1.55. The van der Waals surface area contributed by atoms with Crippen molar-refractivity contribution in [2.24, 2.45) is 5.92 Å². The lowest BCUT2D eigenvalue weighted by atomic mass is 9.84. The van der Waals surface area contributed by atoms with Gasteiger partial charge in [0.25, 0.3) is 0 Å². The molecule has 2 aromatic carbocycles. The Bertz CT molecular complexity index is 946. The maximum atomic E-state index is 13.1. The lowest BCUT2D eigenvalue weighted by molar-refractivity contribution is -0.140. The highest BCUT2D eigenvalue weighted by Crippen LogP contribution is 2.32. The van der Waals surface area contributed by atoms with Crippen LogP contribution in [0.15, 0.2) is 59.1 Å². The maximum absolute atomic E-state index is 13.1. The van der Waals surface area contributed by atoms with E-state index in [0.29, 0.717) is 24.7 Å². The van der Waals surface area contributed by atoms with Crippen molar-refractivity contribution in [2.45, 2.75) is 45.6 Å². The van der Waals surface area contributed by atoms with Gasteiger partial charge in [0.15, 0.2) is 0 Å². The SMILES string of the molecule is Cc1ccc(-c2noc(CCN(C(=O)C3CCC3)[C@@H](C)c3ccccc3)n2)cc1. The predicted octanol–water partition coefficient (Wildman–Crippen LogP) is 4.98. The van der Waals surface area contributed by atoms with Crippen molar-refractivity contribution in [3.63, 3.8) is 0 Å². The second-order valence-corrected chi connectivity index (χ2v) is 7.87. The minimum atomic E-state index is 0.0174. The summed E-state index contributed by atoms with van der Waals surface area (Å²) in [7, 11) is 0. The number of hydrogen-bond donors (Lipinski definition) is 0. The molecule has 0 unspecified atom stereocenters. The van der Waals surface area contributed by atoms with Gasteiger partial charge in [0, 0.05) is 24.4 Å². The van der Waals surface area contributed by atoms with Crippen LogP contribution in [0.4, 0.5) is 0 Å². The van der Waals surface area contributed by atoms with E-state index in [0.717, 1.165) is 30.4 Å².